The lowest BCUT2D eigenvalue weighted by Crippen LogP contribution is -2.01. The Bertz CT molecular complexity index is 326. The summed E-state index contributed by atoms with van der Waals surface area (Å²) in [5, 5.41) is 18.1. The van der Waals surface area contributed by atoms with Crippen LogP contribution in [0.3, 0.4) is 0 Å². The van der Waals surface area contributed by atoms with Crippen molar-refractivity contribution >= 4 is 11.8 Å². The Morgan fingerprint density at radius 1 is 1.18 bits per heavy atom. The molecular formula is C12H23N3OS. The molecule has 0 aliphatic rings. The van der Waals surface area contributed by atoms with Gasteiger partial charge in [-0.25, -0.2) is 0 Å². The Kier molecular flexibility index (Phi) is 6.58. The number of hydrogen-bond donors (Lipinski definition) is 1. The maximum Gasteiger partial charge on any atom is 0.190 e. The zero-order valence-electron chi connectivity index (χ0n) is 11.0. The maximum absolute atomic E-state index is 8.67. The number of hydrogen-bond acceptors (Lipinski definition) is 4. The molecule has 0 aliphatic carbocycles. The lowest BCUT2D eigenvalue weighted by Gasteiger charge is -2.05. The van der Waals surface area contributed by atoms with Crippen LogP contribution >= 0.6 is 11.8 Å². The third-order valence-electron chi connectivity index (χ3n) is 2.67. The molecule has 0 unspecified atom stereocenters. The van der Waals surface area contributed by atoms with E-state index in [9.17, 15) is 0 Å². The fourth-order valence-electron chi connectivity index (χ4n) is 1.69. The highest BCUT2D eigenvalue weighted by Gasteiger charge is 2.11. The van der Waals surface area contributed by atoms with Gasteiger partial charge >= 0.3 is 0 Å². The predicted molar refractivity (Wildman–Crippen MR) is 71.4 cm³/mol. The molecule has 0 aliphatic heterocycles. The third kappa shape index (κ3) is 4.68. The quantitative estimate of drug-likeness (QED) is 0.574. The van der Waals surface area contributed by atoms with Gasteiger partial charge in [0.15, 0.2) is 5.16 Å². The van der Waals surface area contributed by atoms with E-state index in [0.29, 0.717) is 12.5 Å². The molecule has 1 heterocycles. The molecule has 0 spiro atoms. The van der Waals surface area contributed by atoms with Crippen LogP contribution in [-0.2, 0) is 7.05 Å². The summed E-state index contributed by atoms with van der Waals surface area (Å²) in [5.74, 6) is 2.55. The molecule has 5 heteroatoms. The summed E-state index contributed by atoms with van der Waals surface area (Å²) in [5.41, 5.74) is 0. The topological polar surface area (TPSA) is 50.9 Å². The monoisotopic (exact) mass is 257 g/mol. The summed E-state index contributed by atoms with van der Waals surface area (Å²) in [4.78, 5) is 0. The van der Waals surface area contributed by atoms with Crippen LogP contribution in [0.15, 0.2) is 5.16 Å². The highest BCUT2D eigenvalue weighted by Crippen LogP contribution is 2.20. The second-order valence-corrected chi connectivity index (χ2v) is 5.60. The van der Waals surface area contributed by atoms with Crippen LogP contribution in [0, 0.1) is 0 Å². The maximum atomic E-state index is 8.67. The molecule has 4 nitrogen and oxygen atoms in total. The lowest BCUT2D eigenvalue weighted by atomic mass is 10.2. The molecular weight excluding hydrogens is 234 g/mol. The van der Waals surface area contributed by atoms with Gasteiger partial charge in [0.05, 0.1) is 0 Å². The van der Waals surface area contributed by atoms with Gasteiger partial charge in [-0.1, -0.05) is 38.5 Å². The van der Waals surface area contributed by atoms with Gasteiger partial charge in [0.2, 0.25) is 0 Å². The number of aliphatic hydroxyl groups is 1. The van der Waals surface area contributed by atoms with Gasteiger partial charge in [-0.05, 0) is 12.8 Å². The number of rotatable bonds is 8. The summed E-state index contributed by atoms with van der Waals surface area (Å²) in [7, 11) is 2.03. The first-order chi connectivity index (χ1) is 8.16. The van der Waals surface area contributed by atoms with Crippen LogP contribution in [0.2, 0.25) is 0 Å². The lowest BCUT2D eigenvalue weighted by molar-refractivity contribution is 0.283. The average molecular weight is 257 g/mol. The normalized spacial score (nSPS) is 11.4. The minimum atomic E-state index is 0.314. The van der Waals surface area contributed by atoms with Crippen molar-refractivity contribution in [3.63, 3.8) is 0 Å². The molecule has 1 N–H and O–H groups in total. The fourth-order valence-corrected chi connectivity index (χ4v) is 2.60. The van der Waals surface area contributed by atoms with Crippen LogP contribution < -0.4 is 0 Å². The molecule has 0 aromatic carbocycles. The van der Waals surface area contributed by atoms with Crippen LogP contribution in [-0.4, -0.2) is 32.2 Å². The molecule has 0 saturated carbocycles. The molecule has 0 fully saturated rings. The van der Waals surface area contributed by atoms with Crippen molar-refractivity contribution in [2.45, 2.75) is 50.6 Å². The molecule has 1 aromatic heterocycles. The van der Waals surface area contributed by atoms with Gasteiger partial charge in [0.25, 0.3) is 0 Å². The smallest absolute Gasteiger partial charge is 0.190 e. The minimum absolute atomic E-state index is 0.314. The van der Waals surface area contributed by atoms with E-state index in [1.807, 2.05) is 7.05 Å². The zero-order valence-corrected chi connectivity index (χ0v) is 11.8. The van der Waals surface area contributed by atoms with Gasteiger partial charge in [-0.15, -0.1) is 10.2 Å². The van der Waals surface area contributed by atoms with Crippen molar-refractivity contribution in [2.75, 3.05) is 12.4 Å². The van der Waals surface area contributed by atoms with Gasteiger partial charge < -0.3 is 9.67 Å². The van der Waals surface area contributed by atoms with Crippen LogP contribution in [0.5, 0.6) is 0 Å². The molecule has 0 bridgehead atoms. The van der Waals surface area contributed by atoms with E-state index in [2.05, 4.69) is 28.6 Å². The van der Waals surface area contributed by atoms with Crippen LogP contribution in [0.4, 0.5) is 0 Å². The summed E-state index contributed by atoms with van der Waals surface area (Å²) in [6.07, 6.45) is 4.40. The standard InChI is InChI=1S/C12H23N3OS/c1-10(2)11-13-14-12(15(11)3)17-9-7-5-4-6-8-16/h10,16H,4-9H2,1-3H3. The fraction of sp³-hybridized carbons (Fsp3) is 0.833. The van der Waals surface area contributed by atoms with Crippen molar-refractivity contribution in [3.8, 4) is 0 Å². The van der Waals surface area contributed by atoms with E-state index in [1.54, 1.807) is 11.8 Å². The Hall–Kier alpha value is -0.550. The van der Waals surface area contributed by atoms with E-state index < -0.39 is 0 Å². The summed E-state index contributed by atoms with van der Waals surface area (Å²) in [6, 6.07) is 0. The molecule has 17 heavy (non-hydrogen) atoms. The summed E-state index contributed by atoms with van der Waals surface area (Å²) < 4.78 is 2.09. The first-order valence-electron chi connectivity index (χ1n) is 6.29. The summed E-state index contributed by atoms with van der Waals surface area (Å²) in [6.45, 7) is 4.58. The first kappa shape index (κ1) is 14.5. The second-order valence-electron chi connectivity index (χ2n) is 4.54. The predicted octanol–water partition coefficient (Wildman–Crippen LogP) is 2.58. The first-order valence-corrected chi connectivity index (χ1v) is 7.28. The molecule has 98 valence electrons. The Morgan fingerprint density at radius 3 is 2.47 bits per heavy atom. The van der Waals surface area contributed by atoms with Gasteiger partial charge in [0.1, 0.15) is 5.82 Å². The SMILES string of the molecule is CC(C)c1nnc(SCCCCCCO)n1C. The number of aromatic nitrogens is 3. The highest BCUT2D eigenvalue weighted by molar-refractivity contribution is 7.99. The van der Waals surface area contributed by atoms with Gasteiger partial charge in [0, 0.05) is 25.3 Å². The molecule has 0 amide bonds. The summed E-state index contributed by atoms with van der Waals surface area (Å²) >= 11 is 1.77. The van der Waals surface area contributed by atoms with Crippen LogP contribution in [0.1, 0.15) is 51.3 Å². The highest BCUT2D eigenvalue weighted by atomic mass is 32.2. The molecule has 1 rings (SSSR count). The number of thioether (sulfide) groups is 1. The third-order valence-corrected chi connectivity index (χ3v) is 3.78. The van der Waals surface area contributed by atoms with Crippen molar-refractivity contribution in [3.05, 3.63) is 5.82 Å². The van der Waals surface area contributed by atoms with E-state index in [1.165, 1.54) is 12.8 Å². The van der Waals surface area contributed by atoms with Gasteiger partial charge in [-0.3, -0.25) is 0 Å². The van der Waals surface area contributed by atoms with Crippen molar-refractivity contribution < 1.29 is 5.11 Å². The van der Waals surface area contributed by atoms with E-state index in [-0.39, 0.29) is 0 Å². The molecule has 1 aromatic rings. The van der Waals surface area contributed by atoms with Gasteiger partial charge in [-0.2, -0.15) is 0 Å². The number of nitrogens with zero attached hydrogens (tertiary/aromatic N) is 3. The molecule has 0 radical (unpaired) electrons. The molecule has 0 atom stereocenters. The number of unbranched alkanes of at least 4 members (excludes halogenated alkanes) is 3. The van der Waals surface area contributed by atoms with Crippen molar-refractivity contribution in [2.24, 2.45) is 7.05 Å². The Labute approximate surface area is 108 Å². The average Bonchev–Trinajstić information content (AvgIpc) is 2.65. The number of aliphatic hydroxyl groups excluding tert-OH is 1. The van der Waals surface area contributed by atoms with E-state index in [0.717, 1.165) is 29.6 Å². The minimum Gasteiger partial charge on any atom is -0.396 e. The largest absolute Gasteiger partial charge is 0.396 e. The second kappa shape index (κ2) is 7.71. The zero-order chi connectivity index (χ0) is 12.7. The van der Waals surface area contributed by atoms with E-state index >= 15 is 0 Å². The van der Waals surface area contributed by atoms with Crippen LogP contribution in [0.25, 0.3) is 0 Å². The Balaban J connectivity index is 2.27. The van der Waals surface area contributed by atoms with Crippen molar-refractivity contribution in [1.82, 2.24) is 14.8 Å². The Morgan fingerprint density at radius 2 is 1.88 bits per heavy atom. The van der Waals surface area contributed by atoms with E-state index in [4.69, 9.17) is 5.11 Å². The van der Waals surface area contributed by atoms with Crippen molar-refractivity contribution in [1.29, 1.82) is 0 Å². The molecule has 0 saturated heterocycles.